The molecule has 0 unspecified atom stereocenters. The monoisotopic (exact) mass is 269 g/mol. The van der Waals surface area contributed by atoms with Crippen molar-refractivity contribution in [2.24, 2.45) is 4.40 Å². The van der Waals surface area contributed by atoms with Crippen molar-refractivity contribution in [3.05, 3.63) is 28.8 Å². The van der Waals surface area contributed by atoms with Gasteiger partial charge < -0.3 is 4.90 Å². The van der Waals surface area contributed by atoms with Crippen molar-refractivity contribution in [2.45, 2.75) is 4.90 Å². The Kier molecular flexibility index (Phi) is 2.81. The number of nitriles is 1. The number of halogens is 1. The lowest BCUT2D eigenvalue weighted by Crippen LogP contribution is -2.27. The van der Waals surface area contributed by atoms with E-state index in [0.717, 1.165) is 0 Å². The van der Waals surface area contributed by atoms with Crippen molar-refractivity contribution in [3.63, 3.8) is 0 Å². The second-order valence-electron chi connectivity index (χ2n) is 3.52. The number of hydrogen-bond donors (Lipinski definition) is 0. The number of rotatable bonds is 1. The molecule has 0 saturated heterocycles. The van der Waals surface area contributed by atoms with Crippen LogP contribution in [0.25, 0.3) is 0 Å². The van der Waals surface area contributed by atoms with Crippen molar-refractivity contribution in [1.82, 2.24) is 4.90 Å². The maximum absolute atomic E-state index is 11.8. The summed E-state index contributed by atoms with van der Waals surface area (Å²) >= 11 is 5.98. The van der Waals surface area contributed by atoms with E-state index in [1.807, 2.05) is 6.07 Å². The molecule has 17 heavy (non-hydrogen) atoms. The molecule has 0 bridgehead atoms. The zero-order valence-electron chi connectivity index (χ0n) is 8.88. The summed E-state index contributed by atoms with van der Waals surface area (Å²) in [6.07, 6.45) is 0. The number of sulfonamides is 1. The number of amidine groups is 1. The third kappa shape index (κ3) is 1.88. The summed E-state index contributed by atoms with van der Waals surface area (Å²) in [5.74, 6) is 0.215. The molecule has 1 heterocycles. The second kappa shape index (κ2) is 4.02. The molecule has 0 saturated carbocycles. The number of hydrogen-bond acceptors (Lipinski definition) is 4. The van der Waals surface area contributed by atoms with E-state index in [1.165, 1.54) is 11.0 Å². The Morgan fingerprint density at radius 1 is 1.53 bits per heavy atom. The van der Waals surface area contributed by atoms with Crippen LogP contribution in [0.5, 0.6) is 0 Å². The van der Waals surface area contributed by atoms with E-state index in [1.54, 1.807) is 19.2 Å². The van der Waals surface area contributed by atoms with E-state index < -0.39 is 10.0 Å². The van der Waals surface area contributed by atoms with Gasteiger partial charge in [0.25, 0.3) is 10.0 Å². The highest BCUT2D eigenvalue weighted by Crippen LogP contribution is 2.32. The Labute approximate surface area is 104 Å². The fraction of sp³-hybridized carbons (Fsp3) is 0.200. The summed E-state index contributed by atoms with van der Waals surface area (Å²) in [5, 5.41) is 8.93. The molecule has 2 rings (SSSR count). The van der Waals surface area contributed by atoms with Gasteiger partial charge in [0, 0.05) is 7.05 Å². The molecule has 0 radical (unpaired) electrons. The zero-order valence-corrected chi connectivity index (χ0v) is 10.5. The summed E-state index contributed by atoms with van der Waals surface area (Å²) in [4.78, 5) is 1.54. The third-order valence-electron chi connectivity index (χ3n) is 2.35. The van der Waals surface area contributed by atoms with Crippen molar-refractivity contribution < 1.29 is 8.42 Å². The predicted octanol–water partition coefficient (Wildman–Crippen LogP) is 1.24. The van der Waals surface area contributed by atoms with E-state index in [9.17, 15) is 8.42 Å². The number of fused-ring (bicyclic) bond motifs is 1. The molecule has 0 fully saturated rings. The third-order valence-corrected chi connectivity index (χ3v) is 3.98. The zero-order chi connectivity index (χ0) is 12.6. The topological polar surface area (TPSA) is 73.5 Å². The maximum Gasteiger partial charge on any atom is 0.285 e. The van der Waals surface area contributed by atoms with E-state index in [2.05, 4.69) is 4.40 Å². The van der Waals surface area contributed by atoms with E-state index >= 15 is 0 Å². The molecule has 0 aromatic heterocycles. The lowest BCUT2D eigenvalue weighted by atomic mass is 10.2. The fourth-order valence-corrected chi connectivity index (χ4v) is 3.17. The molecular formula is C10H8ClN3O2S. The van der Waals surface area contributed by atoms with Crippen LogP contribution in [0.4, 0.5) is 0 Å². The molecule has 1 aromatic carbocycles. The fourth-order valence-electron chi connectivity index (χ4n) is 1.59. The van der Waals surface area contributed by atoms with Crippen LogP contribution in [0, 0.1) is 11.3 Å². The first-order valence-electron chi connectivity index (χ1n) is 4.69. The Morgan fingerprint density at radius 3 is 2.88 bits per heavy atom. The molecule has 5 nitrogen and oxygen atoms in total. The molecule has 0 atom stereocenters. The normalized spacial score (nSPS) is 15.9. The first-order valence-corrected chi connectivity index (χ1v) is 6.51. The van der Waals surface area contributed by atoms with Gasteiger partial charge in [-0.25, -0.2) is 0 Å². The molecule has 0 aliphatic carbocycles. The van der Waals surface area contributed by atoms with Crippen LogP contribution in [0.3, 0.4) is 0 Å². The van der Waals surface area contributed by atoms with Crippen LogP contribution in [0.1, 0.15) is 5.56 Å². The van der Waals surface area contributed by atoms with Crippen LogP contribution in [0.15, 0.2) is 27.5 Å². The smallest absolute Gasteiger partial charge is 0.285 e. The van der Waals surface area contributed by atoms with Gasteiger partial charge in [-0.15, -0.1) is 4.40 Å². The van der Waals surface area contributed by atoms with Gasteiger partial charge in [0.15, 0.2) is 5.84 Å². The highest BCUT2D eigenvalue weighted by molar-refractivity contribution is 7.90. The van der Waals surface area contributed by atoms with Crippen LogP contribution < -0.4 is 0 Å². The molecule has 0 N–H and O–H groups in total. The van der Waals surface area contributed by atoms with Gasteiger partial charge in [-0.2, -0.15) is 13.7 Å². The standard InChI is InChI=1S/C10H8ClN3O2S/c1-14(6-5-12)10-9-7(11)3-2-4-8(9)17(15,16)13-10/h2-4H,6H2,1H3. The summed E-state index contributed by atoms with van der Waals surface area (Å²) < 4.78 is 27.2. The van der Waals surface area contributed by atoms with E-state index in [-0.39, 0.29) is 17.3 Å². The second-order valence-corrected chi connectivity index (χ2v) is 5.50. The van der Waals surface area contributed by atoms with Crippen LogP contribution in [-0.4, -0.2) is 32.7 Å². The molecule has 1 aliphatic rings. The molecule has 88 valence electrons. The van der Waals surface area contributed by atoms with Crippen molar-refractivity contribution in [3.8, 4) is 6.07 Å². The van der Waals surface area contributed by atoms with Crippen molar-refractivity contribution in [2.75, 3.05) is 13.6 Å². The van der Waals surface area contributed by atoms with Gasteiger partial charge in [0.1, 0.15) is 11.4 Å². The van der Waals surface area contributed by atoms with Crippen LogP contribution in [-0.2, 0) is 10.0 Å². The van der Waals surface area contributed by atoms with Crippen molar-refractivity contribution >= 4 is 27.5 Å². The largest absolute Gasteiger partial charge is 0.345 e. The molecular weight excluding hydrogens is 262 g/mol. The summed E-state index contributed by atoms with van der Waals surface area (Å²) in [6, 6.07) is 6.53. The average Bonchev–Trinajstić information content (AvgIpc) is 2.53. The Balaban J connectivity index is 2.65. The maximum atomic E-state index is 11.8. The molecule has 0 spiro atoms. The SMILES string of the molecule is CN(CC#N)C1=NS(=O)(=O)c2cccc(Cl)c21. The minimum Gasteiger partial charge on any atom is -0.345 e. The minimum absolute atomic E-state index is 0.0407. The van der Waals surface area contributed by atoms with Crippen LogP contribution in [0.2, 0.25) is 5.02 Å². The summed E-state index contributed by atoms with van der Waals surface area (Å²) in [6.45, 7) is 0.0407. The van der Waals surface area contributed by atoms with E-state index in [0.29, 0.717) is 10.6 Å². The van der Waals surface area contributed by atoms with Gasteiger partial charge in [-0.1, -0.05) is 17.7 Å². The molecule has 1 aliphatic heterocycles. The molecule has 0 amide bonds. The summed E-state index contributed by atoms with van der Waals surface area (Å²) in [5.41, 5.74) is 0.368. The predicted molar refractivity (Wildman–Crippen MR) is 63.4 cm³/mol. The molecule has 7 heteroatoms. The summed E-state index contributed by atoms with van der Waals surface area (Å²) in [7, 11) is -2.09. The lowest BCUT2D eigenvalue weighted by Gasteiger charge is -2.15. The van der Waals surface area contributed by atoms with E-state index in [4.69, 9.17) is 16.9 Å². The highest BCUT2D eigenvalue weighted by atomic mass is 35.5. The van der Waals surface area contributed by atoms with Gasteiger partial charge in [0.2, 0.25) is 0 Å². The lowest BCUT2D eigenvalue weighted by molar-refractivity contribution is 0.571. The Hall–Kier alpha value is -1.58. The van der Waals surface area contributed by atoms with Gasteiger partial charge in [-0.05, 0) is 12.1 Å². The quantitative estimate of drug-likeness (QED) is 0.719. The molecule has 1 aromatic rings. The number of nitrogens with zero attached hydrogens (tertiary/aromatic N) is 3. The highest BCUT2D eigenvalue weighted by Gasteiger charge is 2.32. The van der Waals surface area contributed by atoms with Crippen LogP contribution >= 0.6 is 11.6 Å². The van der Waals surface area contributed by atoms with Crippen molar-refractivity contribution in [1.29, 1.82) is 5.26 Å². The van der Waals surface area contributed by atoms with Gasteiger partial charge in [-0.3, -0.25) is 0 Å². The average molecular weight is 270 g/mol. The Morgan fingerprint density at radius 2 is 2.24 bits per heavy atom. The first kappa shape index (κ1) is 11.9. The number of benzene rings is 1. The van der Waals surface area contributed by atoms with Gasteiger partial charge in [0.05, 0.1) is 16.7 Å². The Bertz CT molecular complexity index is 646. The first-order chi connectivity index (χ1) is 7.97. The minimum atomic E-state index is -3.69. The van der Waals surface area contributed by atoms with Gasteiger partial charge >= 0.3 is 0 Å².